The van der Waals surface area contributed by atoms with Crippen LogP contribution < -0.4 is 10.1 Å². The van der Waals surface area contributed by atoms with E-state index in [1.54, 1.807) is 0 Å². The molecule has 0 fully saturated rings. The van der Waals surface area contributed by atoms with Crippen LogP contribution in [0.4, 0.5) is 0 Å². The van der Waals surface area contributed by atoms with Gasteiger partial charge in [0.1, 0.15) is 12.4 Å². The lowest BCUT2D eigenvalue weighted by atomic mass is 10.2. The van der Waals surface area contributed by atoms with Crippen LogP contribution in [0, 0.1) is 0 Å². The lowest BCUT2D eigenvalue weighted by Gasteiger charge is -2.11. The number of hydrogen-bond acceptors (Lipinski definition) is 2. The lowest BCUT2D eigenvalue weighted by molar-refractivity contribution is 0.306. The third kappa shape index (κ3) is 5.34. The van der Waals surface area contributed by atoms with Crippen molar-refractivity contribution in [2.75, 3.05) is 0 Å². The highest BCUT2D eigenvalue weighted by Crippen LogP contribution is 2.23. The predicted molar refractivity (Wildman–Crippen MR) is 91.9 cm³/mol. The van der Waals surface area contributed by atoms with E-state index in [1.807, 2.05) is 30.3 Å². The Bertz CT molecular complexity index is 601. The molecule has 0 heterocycles. The molecule has 2 nitrogen and oxygen atoms in total. The number of ether oxygens (including phenoxy) is 1. The van der Waals surface area contributed by atoms with Crippen molar-refractivity contribution in [1.29, 1.82) is 0 Å². The van der Waals surface area contributed by atoms with Gasteiger partial charge in [-0.25, -0.2) is 0 Å². The normalized spacial score (nSPS) is 10.9. The van der Waals surface area contributed by atoms with Crippen LogP contribution in [0.3, 0.4) is 0 Å². The van der Waals surface area contributed by atoms with Crippen molar-refractivity contribution in [3.8, 4) is 5.75 Å². The highest BCUT2D eigenvalue weighted by atomic mass is 79.9. The van der Waals surface area contributed by atoms with Crippen LogP contribution in [0.15, 0.2) is 46.9 Å². The maximum Gasteiger partial charge on any atom is 0.120 e. The summed E-state index contributed by atoms with van der Waals surface area (Å²) in [6.07, 6.45) is 0. The van der Waals surface area contributed by atoms with Gasteiger partial charge in [-0.15, -0.1) is 0 Å². The standard InChI is InChI=1S/C17H19BrClNO/c1-12(2)20-10-13-4-3-5-16(8-13)21-11-14-6-7-15(18)9-17(14)19/h3-9,12,20H,10-11H2,1-2H3. The van der Waals surface area contributed by atoms with Gasteiger partial charge in [0.25, 0.3) is 0 Å². The van der Waals surface area contributed by atoms with Gasteiger partial charge in [-0.05, 0) is 29.8 Å². The molecule has 2 rings (SSSR count). The quantitative estimate of drug-likeness (QED) is 0.758. The van der Waals surface area contributed by atoms with E-state index in [0.29, 0.717) is 17.7 Å². The fourth-order valence-corrected chi connectivity index (χ4v) is 2.60. The van der Waals surface area contributed by atoms with Crippen LogP contribution in [0.1, 0.15) is 25.0 Å². The zero-order valence-corrected chi connectivity index (χ0v) is 14.5. The summed E-state index contributed by atoms with van der Waals surface area (Å²) in [7, 11) is 0. The van der Waals surface area contributed by atoms with Crippen LogP contribution in [-0.2, 0) is 13.2 Å². The van der Waals surface area contributed by atoms with Gasteiger partial charge in [-0.3, -0.25) is 0 Å². The Hall–Kier alpha value is -1.03. The molecule has 2 aromatic rings. The molecular formula is C17H19BrClNO. The molecule has 1 N–H and O–H groups in total. The zero-order valence-electron chi connectivity index (χ0n) is 12.2. The minimum absolute atomic E-state index is 0.465. The van der Waals surface area contributed by atoms with Gasteiger partial charge in [0.15, 0.2) is 0 Å². The molecule has 21 heavy (non-hydrogen) atoms. The lowest BCUT2D eigenvalue weighted by Crippen LogP contribution is -2.21. The van der Waals surface area contributed by atoms with E-state index in [1.165, 1.54) is 5.56 Å². The van der Waals surface area contributed by atoms with Gasteiger partial charge in [-0.1, -0.05) is 59.6 Å². The molecule has 0 saturated heterocycles. The average molecular weight is 369 g/mol. The van der Waals surface area contributed by atoms with Gasteiger partial charge >= 0.3 is 0 Å². The Morgan fingerprint density at radius 3 is 2.71 bits per heavy atom. The first-order valence-electron chi connectivity index (χ1n) is 6.93. The van der Waals surface area contributed by atoms with E-state index in [4.69, 9.17) is 16.3 Å². The smallest absolute Gasteiger partial charge is 0.120 e. The summed E-state index contributed by atoms with van der Waals surface area (Å²) in [4.78, 5) is 0. The monoisotopic (exact) mass is 367 g/mol. The van der Waals surface area contributed by atoms with Crippen LogP contribution >= 0.6 is 27.5 Å². The Balaban J connectivity index is 1.98. The fourth-order valence-electron chi connectivity index (χ4n) is 1.87. The Morgan fingerprint density at radius 2 is 2.00 bits per heavy atom. The van der Waals surface area contributed by atoms with Crippen molar-refractivity contribution in [1.82, 2.24) is 5.32 Å². The highest BCUT2D eigenvalue weighted by molar-refractivity contribution is 9.10. The molecule has 2 aromatic carbocycles. The molecule has 0 radical (unpaired) electrons. The van der Waals surface area contributed by atoms with Crippen molar-refractivity contribution >= 4 is 27.5 Å². The van der Waals surface area contributed by atoms with Gasteiger partial charge in [-0.2, -0.15) is 0 Å². The second kappa shape index (κ2) is 7.83. The maximum atomic E-state index is 6.19. The number of hydrogen-bond donors (Lipinski definition) is 1. The average Bonchev–Trinajstić information content (AvgIpc) is 2.45. The topological polar surface area (TPSA) is 21.3 Å². The third-order valence-corrected chi connectivity index (χ3v) is 3.87. The van der Waals surface area contributed by atoms with Crippen LogP contribution in [-0.4, -0.2) is 6.04 Å². The Kier molecular flexibility index (Phi) is 6.09. The minimum atomic E-state index is 0.465. The van der Waals surface area contributed by atoms with E-state index in [9.17, 15) is 0 Å². The SMILES string of the molecule is CC(C)NCc1cccc(OCc2ccc(Br)cc2Cl)c1. The Labute approximate surface area is 139 Å². The van der Waals surface area contributed by atoms with E-state index in [-0.39, 0.29) is 0 Å². The largest absolute Gasteiger partial charge is 0.489 e. The van der Waals surface area contributed by atoms with E-state index >= 15 is 0 Å². The van der Waals surface area contributed by atoms with Crippen LogP contribution in [0.25, 0.3) is 0 Å². The summed E-state index contributed by atoms with van der Waals surface area (Å²) in [6, 6.07) is 14.4. The maximum absolute atomic E-state index is 6.19. The second-order valence-electron chi connectivity index (χ2n) is 5.21. The van der Waals surface area contributed by atoms with Gasteiger partial charge in [0, 0.05) is 27.6 Å². The predicted octanol–water partition coefficient (Wildman–Crippen LogP) is 5.18. The number of benzene rings is 2. The fraction of sp³-hybridized carbons (Fsp3) is 0.294. The van der Waals surface area contributed by atoms with Crippen LogP contribution in [0.2, 0.25) is 5.02 Å². The zero-order chi connectivity index (χ0) is 15.2. The molecular weight excluding hydrogens is 350 g/mol. The molecule has 0 aliphatic heterocycles. The van der Waals surface area contributed by atoms with E-state index in [0.717, 1.165) is 22.3 Å². The molecule has 0 aliphatic rings. The summed E-state index contributed by atoms with van der Waals surface area (Å²) in [5.74, 6) is 0.858. The molecule has 0 amide bonds. The highest BCUT2D eigenvalue weighted by Gasteiger charge is 2.03. The number of halogens is 2. The molecule has 0 atom stereocenters. The van der Waals surface area contributed by atoms with Crippen molar-refractivity contribution in [2.45, 2.75) is 33.0 Å². The molecule has 0 aliphatic carbocycles. The molecule has 0 aromatic heterocycles. The van der Waals surface area contributed by atoms with Crippen molar-refractivity contribution in [3.63, 3.8) is 0 Å². The van der Waals surface area contributed by atoms with Crippen molar-refractivity contribution < 1.29 is 4.74 Å². The van der Waals surface area contributed by atoms with Crippen molar-refractivity contribution in [3.05, 3.63) is 63.1 Å². The molecule has 0 saturated carbocycles. The number of nitrogens with one attached hydrogen (secondary N) is 1. The van der Waals surface area contributed by atoms with Crippen molar-refractivity contribution in [2.24, 2.45) is 0 Å². The summed E-state index contributed by atoms with van der Waals surface area (Å²) < 4.78 is 6.80. The molecule has 0 spiro atoms. The first-order chi connectivity index (χ1) is 10.0. The van der Waals surface area contributed by atoms with Crippen LogP contribution in [0.5, 0.6) is 5.75 Å². The number of rotatable bonds is 6. The van der Waals surface area contributed by atoms with Gasteiger partial charge < -0.3 is 10.1 Å². The molecule has 4 heteroatoms. The summed E-state index contributed by atoms with van der Waals surface area (Å²) in [5, 5.41) is 4.11. The van der Waals surface area contributed by atoms with Gasteiger partial charge in [0.2, 0.25) is 0 Å². The molecule has 0 bridgehead atoms. The summed E-state index contributed by atoms with van der Waals surface area (Å²) >= 11 is 9.59. The van der Waals surface area contributed by atoms with Gasteiger partial charge in [0.05, 0.1) is 0 Å². The second-order valence-corrected chi connectivity index (χ2v) is 6.53. The molecule has 112 valence electrons. The first-order valence-corrected chi connectivity index (χ1v) is 8.11. The minimum Gasteiger partial charge on any atom is -0.489 e. The van der Waals surface area contributed by atoms with E-state index in [2.05, 4.69) is 47.2 Å². The Morgan fingerprint density at radius 1 is 1.19 bits per heavy atom. The first kappa shape index (κ1) is 16.3. The molecule has 0 unspecified atom stereocenters. The van der Waals surface area contributed by atoms with E-state index < -0.39 is 0 Å². The summed E-state index contributed by atoms with van der Waals surface area (Å²) in [6.45, 7) is 5.58. The summed E-state index contributed by atoms with van der Waals surface area (Å²) in [5.41, 5.74) is 2.19. The third-order valence-electron chi connectivity index (χ3n) is 3.02.